The number of nitrogens with one attached hydrogen (secondary N) is 2. The summed E-state index contributed by atoms with van der Waals surface area (Å²) in [6.07, 6.45) is 3.20. The van der Waals surface area contributed by atoms with E-state index >= 15 is 0 Å². The number of aromatic nitrogens is 4. The molecule has 0 aromatic carbocycles. The van der Waals surface area contributed by atoms with Gasteiger partial charge in [-0.3, -0.25) is 9.78 Å². The third kappa shape index (κ3) is 4.68. The maximum Gasteiger partial charge on any atom is 0.256 e. The second-order valence-corrected chi connectivity index (χ2v) is 7.69. The molecule has 1 atom stereocenters. The van der Waals surface area contributed by atoms with Gasteiger partial charge < -0.3 is 15.7 Å². The van der Waals surface area contributed by atoms with Crippen LogP contribution in [0.5, 0.6) is 0 Å². The second kappa shape index (κ2) is 8.12. The number of halogens is 1. The Kier molecular flexibility index (Phi) is 5.78. The molecule has 0 spiro atoms. The first-order valence-corrected chi connectivity index (χ1v) is 9.37. The lowest BCUT2D eigenvalue weighted by atomic mass is 10.0. The van der Waals surface area contributed by atoms with Gasteiger partial charge in [0.05, 0.1) is 17.8 Å². The molecule has 0 saturated heterocycles. The lowest BCUT2D eigenvalue weighted by Crippen LogP contribution is -2.42. The highest BCUT2D eigenvalue weighted by Gasteiger charge is 2.27. The summed E-state index contributed by atoms with van der Waals surface area (Å²) < 4.78 is 15.6. The third-order valence-corrected chi connectivity index (χ3v) is 4.32. The van der Waals surface area contributed by atoms with E-state index in [0.29, 0.717) is 17.2 Å². The summed E-state index contributed by atoms with van der Waals surface area (Å²) >= 11 is 0. The van der Waals surface area contributed by atoms with Gasteiger partial charge in [0.2, 0.25) is 0 Å². The maximum atomic E-state index is 14.0. The van der Waals surface area contributed by atoms with E-state index in [-0.39, 0.29) is 18.2 Å². The average molecular weight is 400 g/mol. The zero-order chi connectivity index (χ0) is 21.2. The first-order chi connectivity index (χ1) is 13.7. The summed E-state index contributed by atoms with van der Waals surface area (Å²) in [5.41, 5.74) is 0.735. The monoisotopic (exact) mass is 400 g/mol. The van der Waals surface area contributed by atoms with Crippen molar-refractivity contribution < 1.29 is 14.3 Å². The number of alkyl halides is 1. The summed E-state index contributed by atoms with van der Waals surface area (Å²) in [4.78, 5) is 21.1. The molecule has 0 saturated carbocycles. The Bertz CT molecular complexity index is 997. The average Bonchev–Trinajstić information content (AvgIpc) is 3.10. The number of hydrogen-bond acceptors (Lipinski definition) is 6. The van der Waals surface area contributed by atoms with Gasteiger partial charge in [-0.05, 0) is 39.8 Å². The van der Waals surface area contributed by atoms with Gasteiger partial charge in [-0.2, -0.15) is 9.61 Å². The van der Waals surface area contributed by atoms with Gasteiger partial charge in [0, 0.05) is 36.3 Å². The van der Waals surface area contributed by atoms with Gasteiger partial charge in [-0.1, -0.05) is 0 Å². The van der Waals surface area contributed by atoms with E-state index in [2.05, 4.69) is 25.7 Å². The van der Waals surface area contributed by atoms with E-state index in [1.54, 1.807) is 23.0 Å². The minimum Gasteiger partial charge on any atom is -0.387 e. The summed E-state index contributed by atoms with van der Waals surface area (Å²) in [6.45, 7) is 6.26. The van der Waals surface area contributed by atoms with E-state index in [4.69, 9.17) is 0 Å². The fourth-order valence-electron chi connectivity index (χ4n) is 2.69. The number of aliphatic hydroxyl groups is 1. The Hall–Kier alpha value is -3.07. The van der Waals surface area contributed by atoms with Crippen molar-refractivity contribution in [2.24, 2.45) is 0 Å². The topological polar surface area (TPSA) is 104 Å². The molecule has 3 heterocycles. The van der Waals surface area contributed by atoms with Gasteiger partial charge in [0.25, 0.3) is 5.91 Å². The molecule has 0 bridgehead atoms. The highest BCUT2D eigenvalue weighted by atomic mass is 19.1. The van der Waals surface area contributed by atoms with E-state index in [9.17, 15) is 14.3 Å². The van der Waals surface area contributed by atoms with Crippen LogP contribution in [0.1, 0.15) is 38.1 Å². The lowest BCUT2D eigenvalue weighted by molar-refractivity contribution is -0.00177. The molecule has 29 heavy (non-hydrogen) atoms. The van der Waals surface area contributed by atoms with Crippen LogP contribution in [-0.2, 0) is 0 Å². The highest BCUT2D eigenvalue weighted by molar-refractivity contribution is 5.99. The highest BCUT2D eigenvalue weighted by Crippen LogP contribution is 2.23. The van der Waals surface area contributed by atoms with Crippen LogP contribution in [0, 0.1) is 0 Å². The van der Waals surface area contributed by atoms with Crippen LogP contribution in [0.25, 0.3) is 16.9 Å². The fourth-order valence-corrected chi connectivity index (χ4v) is 2.69. The molecule has 3 aromatic heterocycles. The predicted octanol–water partition coefficient (Wildman–Crippen LogP) is 2.45. The van der Waals surface area contributed by atoms with Crippen molar-refractivity contribution in [3.8, 4) is 11.3 Å². The molecule has 0 aliphatic rings. The standard InChI is InChI=1S/C20H25FN6O2/c1-12(2)25-18-14(19(28)24-11-16(21)20(3,4)29)10-23-17-8-15(26-27(17)18)13-6-5-7-22-9-13/h5-10,12,16,25,29H,11H2,1-4H3,(H,24,28). The van der Waals surface area contributed by atoms with Crippen molar-refractivity contribution in [3.63, 3.8) is 0 Å². The summed E-state index contributed by atoms with van der Waals surface area (Å²) in [7, 11) is 0. The Morgan fingerprint density at radius 2 is 2.10 bits per heavy atom. The Labute approximate surface area is 168 Å². The largest absolute Gasteiger partial charge is 0.387 e. The molecule has 8 nitrogen and oxygen atoms in total. The molecule has 0 fully saturated rings. The van der Waals surface area contributed by atoms with Crippen molar-refractivity contribution >= 4 is 17.4 Å². The maximum absolute atomic E-state index is 14.0. The number of carbonyl (C=O) groups is 1. The second-order valence-electron chi connectivity index (χ2n) is 7.69. The first kappa shape index (κ1) is 20.7. The number of carbonyl (C=O) groups excluding carboxylic acids is 1. The molecule has 1 unspecified atom stereocenters. The number of hydrogen-bond donors (Lipinski definition) is 3. The van der Waals surface area contributed by atoms with Crippen molar-refractivity contribution in [2.45, 2.75) is 45.5 Å². The summed E-state index contributed by atoms with van der Waals surface area (Å²) in [5.74, 6) is -0.0517. The number of nitrogens with zero attached hydrogens (tertiary/aromatic N) is 4. The van der Waals surface area contributed by atoms with Crippen LogP contribution in [-0.4, -0.2) is 55.0 Å². The number of pyridine rings is 1. The molecule has 0 aliphatic carbocycles. The van der Waals surface area contributed by atoms with Crippen LogP contribution in [0.4, 0.5) is 10.2 Å². The SMILES string of the molecule is CC(C)Nc1c(C(=O)NCC(F)C(C)(C)O)cnc2cc(-c3cccnc3)nn12. The molecule has 9 heteroatoms. The van der Waals surface area contributed by atoms with Crippen LogP contribution in [0.3, 0.4) is 0 Å². The van der Waals surface area contributed by atoms with Crippen molar-refractivity contribution in [1.82, 2.24) is 24.9 Å². The minimum atomic E-state index is -1.61. The third-order valence-electron chi connectivity index (χ3n) is 4.32. The van der Waals surface area contributed by atoms with Gasteiger partial charge in [0.15, 0.2) is 5.65 Å². The zero-order valence-electron chi connectivity index (χ0n) is 16.8. The fraction of sp³-hybridized carbons (Fsp3) is 0.400. The smallest absolute Gasteiger partial charge is 0.256 e. The normalized spacial score (nSPS) is 12.9. The van der Waals surface area contributed by atoms with E-state index in [0.717, 1.165) is 5.56 Å². The van der Waals surface area contributed by atoms with Crippen LogP contribution in [0.15, 0.2) is 36.8 Å². The van der Waals surface area contributed by atoms with Crippen molar-refractivity contribution in [3.05, 3.63) is 42.4 Å². The molecular formula is C20H25FN6O2. The van der Waals surface area contributed by atoms with Gasteiger partial charge in [0.1, 0.15) is 17.6 Å². The molecule has 0 aliphatic heterocycles. The molecular weight excluding hydrogens is 375 g/mol. The molecule has 154 valence electrons. The predicted molar refractivity (Wildman–Crippen MR) is 109 cm³/mol. The van der Waals surface area contributed by atoms with E-state index in [1.165, 1.54) is 20.0 Å². The number of amides is 1. The Morgan fingerprint density at radius 3 is 2.72 bits per heavy atom. The van der Waals surface area contributed by atoms with Gasteiger partial charge >= 0.3 is 0 Å². The van der Waals surface area contributed by atoms with Crippen LogP contribution in [0.2, 0.25) is 0 Å². The molecule has 3 N–H and O–H groups in total. The Morgan fingerprint density at radius 1 is 1.34 bits per heavy atom. The molecule has 3 rings (SSSR count). The van der Waals surface area contributed by atoms with Crippen LogP contribution < -0.4 is 10.6 Å². The van der Waals surface area contributed by atoms with Crippen molar-refractivity contribution in [1.29, 1.82) is 0 Å². The number of fused-ring (bicyclic) bond motifs is 1. The molecule has 0 radical (unpaired) electrons. The quantitative estimate of drug-likeness (QED) is 0.563. The van der Waals surface area contributed by atoms with Gasteiger partial charge in [-0.25, -0.2) is 9.37 Å². The number of anilines is 1. The molecule has 1 amide bonds. The Balaban J connectivity index is 1.97. The lowest BCUT2D eigenvalue weighted by Gasteiger charge is -2.22. The van der Waals surface area contributed by atoms with Crippen molar-refractivity contribution in [2.75, 3.05) is 11.9 Å². The molecule has 3 aromatic rings. The number of rotatable bonds is 7. The zero-order valence-corrected chi connectivity index (χ0v) is 16.8. The minimum absolute atomic E-state index is 0.0171. The van der Waals surface area contributed by atoms with E-state index in [1.807, 2.05) is 26.0 Å². The summed E-state index contributed by atoms with van der Waals surface area (Å²) in [6, 6.07) is 5.52. The van der Waals surface area contributed by atoms with E-state index < -0.39 is 17.7 Å². The van der Waals surface area contributed by atoms with Gasteiger partial charge in [-0.15, -0.1) is 0 Å². The first-order valence-electron chi connectivity index (χ1n) is 9.37. The summed E-state index contributed by atoms with van der Waals surface area (Å²) in [5, 5.41) is 20.0. The van der Waals surface area contributed by atoms with Crippen LogP contribution >= 0.6 is 0 Å².